The molecule has 0 bridgehead atoms. The Morgan fingerprint density at radius 1 is 1.16 bits per heavy atom. The molecule has 10 heteroatoms. The van der Waals surface area contributed by atoms with Crippen molar-refractivity contribution in [1.82, 2.24) is 15.5 Å². The SMILES string of the molecule is CCOc1cc(NC(=NC)NCCc2nc(-c3ccc(Cl)cc3)no2)ccc1OC.I. The molecule has 2 N–H and O–H groups in total. The summed E-state index contributed by atoms with van der Waals surface area (Å²) in [6.45, 7) is 3.04. The summed E-state index contributed by atoms with van der Waals surface area (Å²) in [5, 5.41) is 11.1. The molecule has 2 aromatic carbocycles. The first kappa shape index (κ1) is 24.7. The zero-order valence-corrected chi connectivity index (χ0v) is 20.6. The summed E-state index contributed by atoms with van der Waals surface area (Å²) in [5.41, 5.74) is 1.68. The maximum absolute atomic E-state index is 5.91. The monoisotopic (exact) mass is 557 g/mol. The van der Waals surface area contributed by atoms with Crippen LogP contribution in [0.5, 0.6) is 11.5 Å². The number of benzene rings is 2. The lowest BCUT2D eigenvalue weighted by Crippen LogP contribution is -2.32. The van der Waals surface area contributed by atoms with E-state index in [1.54, 1.807) is 26.3 Å². The molecule has 0 amide bonds. The van der Waals surface area contributed by atoms with E-state index in [9.17, 15) is 0 Å². The standard InChI is InChI=1S/C21H24ClN5O3.HI/c1-4-29-18-13-16(9-10-17(18)28-3)25-21(23-2)24-12-11-19-26-20(27-30-19)14-5-7-15(22)8-6-14;/h5-10,13H,4,11-12H2,1-3H3,(H2,23,24,25);1H. The number of nitrogens with zero attached hydrogens (tertiary/aromatic N) is 3. The molecule has 1 heterocycles. The molecule has 0 aliphatic carbocycles. The summed E-state index contributed by atoms with van der Waals surface area (Å²) >= 11 is 5.91. The van der Waals surface area contributed by atoms with Crippen LogP contribution in [-0.4, -0.2) is 43.4 Å². The average Bonchev–Trinajstić information content (AvgIpc) is 3.23. The van der Waals surface area contributed by atoms with Gasteiger partial charge in [0, 0.05) is 42.4 Å². The van der Waals surface area contributed by atoms with Gasteiger partial charge in [0.1, 0.15) is 0 Å². The molecule has 0 atom stereocenters. The highest BCUT2D eigenvalue weighted by atomic mass is 127. The quantitative estimate of drug-likeness (QED) is 0.237. The third-order valence-electron chi connectivity index (χ3n) is 4.15. The summed E-state index contributed by atoms with van der Waals surface area (Å²) in [6.07, 6.45) is 0.550. The summed E-state index contributed by atoms with van der Waals surface area (Å²) in [7, 11) is 3.31. The third-order valence-corrected chi connectivity index (χ3v) is 4.40. The lowest BCUT2D eigenvalue weighted by atomic mass is 10.2. The van der Waals surface area contributed by atoms with Crippen molar-refractivity contribution < 1.29 is 14.0 Å². The lowest BCUT2D eigenvalue weighted by Gasteiger charge is -2.14. The van der Waals surface area contributed by atoms with Crippen molar-refractivity contribution in [3.63, 3.8) is 0 Å². The van der Waals surface area contributed by atoms with Gasteiger partial charge in [0.05, 0.1) is 13.7 Å². The number of hydrogen-bond acceptors (Lipinski definition) is 6. The van der Waals surface area contributed by atoms with Gasteiger partial charge in [-0.15, -0.1) is 24.0 Å². The van der Waals surface area contributed by atoms with Crippen molar-refractivity contribution in [1.29, 1.82) is 0 Å². The van der Waals surface area contributed by atoms with Crippen molar-refractivity contribution in [3.8, 4) is 22.9 Å². The van der Waals surface area contributed by atoms with Gasteiger partial charge in [0.15, 0.2) is 17.5 Å². The Hall–Kier alpha value is -2.53. The molecule has 0 radical (unpaired) electrons. The van der Waals surface area contributed by atoms with E-state index in [1.165, 1.54) is 0 Å². The van der Waals surface area contributed by atoms with Gasteiger partial charge in [0.2, 0.25) is 11.7 Å². The Labute approximate surface area is 203 Å². The molecule has 3 rings (SSSR count). The van der Waals surface area contributed by atoms with Crippen LogP contribution in [0.15, 0.2) is 52.0 Å². The molecule has 0 fully saturated rings. The van der Waals surface area contributed by atoms with Gasteiger partial charge in [-0.25, -0.2) is 0 Å². The molecule has 0 spiro atoms. The van der Waals surface area contributed by atoms with Crippen LogP contribution in [0.2, 0.25) is 5.02 Å². The first-order valence-corrected chi connectivity index (χ1v) is 9.87. The van der Waals surface area contributed by atoms with E-state index < -0.39 is 0 Å². The Bertz CT molecular complexity index is 995. The molecule has 0 saturated heterocycles. The number of ether oxygens (including phenoxy) is 2. The Balaban J connectivity index is 0.00000341. The number of aliphatic imine (C=N–C) groups is 1. The number of hydrogen-bond donors (Lipinski definition) is 2. The Morgan fingerprint density at radius 2 is 1.94 bits per heavy atom. The van der Waals surface area contributed by atoms with Crippen LogP contribution in [0, 0.1) is 0 Å². The molecule has 0 aliphatic heterocycles. The van der Waals surface area contributed by atoms with Gasteiger partial charge in [-0.3, -0.25) is 4.99 Å². The second-order valence-electron chi connectivity index (χ2n) is 6.19. The van der Waals surface area contributed by atoms with Crippen LogP contribution in [0.1, 0.15) is 12.8 Å². The van der Waals surface area contributed by atoms with Crippen LogP contribution in [0.3, 0.4) is 0 Å². The predicted molar refractivity (Wildman–Crippen MR) is 133 cm³/mol. The second-order valence-corrected chi connectivity index (χ2v) is 6.63. The molecular formula is C21H25ClIN5O3. The Kier molecular flexibility index (Phi) is 9.86. The summed E-state index contributed by atoms with van der Waals surface area (Å²) in [4.78, 5) is 8.65. The van der Waals surface area contributed by atoms with E-state index in [4.69, 9.17) is 25.6 Å². The zero-order valence-electron chi connectivity index (χ0n) is 17.5. The maximum Gasteiger partial charge on any atom is 0.228 e. The fourth-order valence-corrected chi connectivity index (χ4v) is 2.83. The highest BCUT2D eigenvalue weighted by Gasteiger charge is 2.10. The maximum atomic E-state index is 5.91. The van der Waals surface area contributed by atoms with Crippen molar-refractivity contribution in [2.75, 3.05) is 32.6 Å². The summed E-state index contributed by atoms with van der Waals surface area (Å²) in [6, 6.07) is 12.9. The van der Waals surface area contributed by atoms with Gasteiger partial charge in [0.25, 0.3) is 0 Å². The Morgan fingerprint density at radius 3 is 2.61 bits per heavy atom. The number of guanidine groups is 1. The largest absolute Gasteiger partial charge is 0.493 e. The van der Waals surface area contributed by atoms with Crippen LogP contribution in [0.25, 0.3) is 11.4 Å². The molecule has 0 unspecified atom stereocenters. The average molecular weight is 558 g/mol. The van der Waals surface area contributed by atoms with Crippen molar-refractivity contribution in [3.05, 3.63) is 53.4 Å². The number of methoxy groups -OCH3 is 1. The van der Waals surface area contributed by atoms with Gasteiger partial charge in [-0.2, -0.15) is 4.98 Å². The van der Waals surface area contributed by atoms with E-state index in [0.29, 0.717) is 53.8 Å². The lowest BCUT2D eigenvalue weighted by molar-refractivity contribution is 0.311. The van der Waals surface area contributed by atoms with Crippen LogP contribution in [0.4, 0.5) is 5.69 Å². The zero-order chi connectivity index (χ0) is 21.3. The van der Waals surface area contributed by atoms with Gasteiger partial charge < -0.3 is 24.6 Å². The molecule has 1 aromatic heterocycles. The number of anilines is 1. The number of nitrogens with one attached hydrogen (secondary N) is 2. The first-order valence-electron chi connectivity index (χ1n) is 9.50. The smallest absolute Gasteiger partial charge is 0.228 e. The van der Waals surface area contributed by atoms with E-state index >= 15 is 0 Å². The van der Waals surface area contributed by atoms with E-state index in [2.05, 4.69) is 25.8 Å². The number of aromatic nitrogens is 2. The normalized spacial score (nSPS) is 10.9. The first-order chi connectivity index (χ1) is 14.6. The summed E-state index contributed by atoms with van der Waals surface area (Å²) in [5.74, 6) is 3.02. The van der Waals surface area contributed by atoms with Gasteiger partial charge >= 0.3 is 0 Å². The van der Waals surface area contributed by atoms with Crippen LogP contribution < -0.4 is 20.1 Å². The fourth-order valence-electron chi connectivity index (χ4n) is 2.70. The highest BCUT2D eigenvalue weighted by molar-refractivity contribution is 14.0. The van der Waals surface area contributed by atoms with Crippen molar-refractivity contribution in [2.24, 2.45) is 4.99 Å². The van der Waals surface area contributed by atoms with Crippen molar-refractivity contribution >= 4 is 47.2 Å². The number of halogens is 2. The van der Waals surface area contributed by atoms with Crippen molar-refractivity contribution in [2.45, 2.75) is 13.3 Å². The molecular weight excluding hydrogens is 533 g/mol. The van der Waals surface area contributed by atoms with E-state index in [-0.39, 0.29) is 24.0 Å². The minimum atomic E-state index is 0. The predicted octanol–water partition coefficient (Wildman–Crippen LogP) is 4.65. The molecule has 0 aliphatic rings. The molecule has 166 valence electrons. The second kappa shape index (κ2) is 12.4. The van der Waals surface area contributed by atoms with Crippen LogP contribution in [-0.2, 0) is 6.42 Å². The minimum Gasteiger partial charge on any atom is -0.493 e. The fraction of sp³-hybridized carbons (Fsp3) is 0.286. The third kappa shape index (κ3) is 7.00. The molecule has 3 aromatic rings. The number of rotatable bonds is 8. The molecule has 8 nitrogen and oxygen atoms in total. The van der Waals surface area contributed by atoms with Gasteiger partial charge in [-0.05, 0) is 43.3 Å². The molecule has 31 heavy (non-hydrogen) atoms. The summed E-state index contributed by atoms with van der Waals surface area (Å²) < 4.78 is 16.2. The highest BCUT2D eigenvalue weighted by Crippen LogP contribution is 2.30. The molecule has 0 saturated carbocycles. The van der Waals surface area contributed by atoms with Crippen LogP contribution >= 0.6 is 35.6 Å². The van der Waals surface area contributed by atoms with E-state index in [1.807, 2.05) is 37.3 Å². The van der Waals surface area contributed by atoms with Gasteiger partial charge in [-0.1, -0.05) is 16.8 Å². The van der Waals surface area contributed by atoms with E-state index in [0.717, 1.165) is 11.3 Å². The minimum absolute atomic E-state index is 0. The topological polar surface area (TPSA) is 93.8 Å².